The number of hydrogen-bond acceptors (Lipinski definition) is 5. The highest BCUT2D eigenvalue weighted by Crippen LogP contribution is 1.90. The Bertz CT molecular complexity index is 293. The minimum absolute atomic E-state index is 0.231. The maximum atomic E-state index is 9.29. The Balaban J connectivity index is 0.000000217. The Morgan fingerprint density at radius 3 is 2.00 bits per heavy atom. The topological polar surface area (TPSA) is 72.8 Å². The van der Waals surface area contributed by atoms with Gasteiger partial charge in [0.2, 0.25) is 5.28 Å². The third kappa shape index (κ3) is 7.10. The van der Waals surface area contributed by atoms with Crippen molar-refractivity contribution in [3.05, 3.63) is 29.9 Å². The van der Waals surface area contributed by atoms with Crippen molar-refractivity contribution in [1.29, 1.82) is 0 Å². The van der Waals surface area contributed by atoms with E-state index >= 15 is 0 Å². The molecule has 1 aromatic rings. The molecule has 1 rings (SSSR count). The molecule has 7 heteroatoms. The molecule has 66 valence electrons. The summed E-state index contributed by atoms with van der Waals surface area (Å²) in [5.41, 5.74) is 0. The van der Waals surface area contributed by atoms with Crippen LogP contribution < -0.4 is 0 Å². The Morgan fingerprint density at radius 2 is 1.83 bits per heavy atom. The highest BCUT2D eigenvalue weighted by molar-refractivity contribution is 7.75. The van der Waals surface area contributed by atoms with E-state index in [1.165, 1.54) is 12.7 Å². The first-order valence-corrected chi connectivity index (χ1v) is 4.33. The van der Waals surface area contributed by atoms with Crippen molar-refractivity contribution in [3.8, 4) is 0 Å². The van der Waals surface area contributed by atoms with E-state index < -0.39 is 10.7 Å². The molecule has 0 fully saturated rings. The maximum absolute atomic E-state index is 9.29. The van der Waals surface area contributed by atoms with Crippen LogP contribution >= 0.6 is 11.6 Å². The summed E-state index contributed by atoms with van der Waals surface area (Å²) in [5.74, 6) is 0. The first-order chi connectivity index (χ1) is 5.66. The third-order valence-corrected chi connectivity index (χ3v) is 1.10. The number of hydrogen-bond donors (Lipinski definition) is 1. The van der Waals surface area contributed by atoms with Gasteiger partial charge in [-0.3, -0.25) is 0 Å². The lowest BCUT2D eigenvalue weighted by atomic mass is 11.1. The predicted octanol–water partition coefficient (Wildman–Crippen LogP) is 0.266. The molecule has 0 aromatic carbocycles. The van der Waals surface area contributed by atoms with Crippen LogP contribution in [0.25, 0.3) is 0 Å². The SMILES string of the molecule is C=C[SH](=O)=O.Clc1ncncn1. The zero-order valence-corrected chi connectivity index (χ0v) is 7.57. The first kappa shape index (κ1) is 11.0. The van der Waals surface area contributed by atoms with E-state index in [2.05, 4.69) is 21.5 Å². The van der Waals surface area contributed by atoms with Gasteiger partial charge in [0.05, 0.1) is 0 Å². The molecule has 0 amide bonds. The van der Waals surface area contributed by atoms with E-state index in [4.69, 9.17) is 11.6 Å². The van der Waals surface area contributed by atoms with Crippen LogP contribution in [0.3, 0.4) is 0 Å². The average molecular weight is 208 g/mol. The fourth-order valence-electron chi connectivity index (χ4n) is 0.225. The van der Waals surface area contributed by atoms with E-state index in [1.807, 2.05) is 0 Å². The Kier molecular flexibility index (Phi) is 6.12. The molecule has 0 atom stereocenters. The summed E-state index contributed by atoms with van der Waals surface area (Å²) in [6.07, 6.45) is 2.69. The van der Waals surface area contributed by atoms with Crippen LogP contribution in [-0.2, 0) is 10.7 Å². The van der Waals surface area contributed by atoms with Crippen molar-refractivity contribution in [3.63, 3.8) is 0 Å². The Hall–Kier alpha value is -1.01. The number of halogens is 1. The largest absolute Gasteiger partial charge is 0.227 e. The van der Waals surface area contributed by atoms with Crippen LogP contribution in [0.15, 0.2) is 24.6 Å². The van der Waals surface area contributed by atoms with Gasteiger partial charge in [0.15, 0.2) is 10.7 Å². The Labute approximate surface area is 76.1 Å². The van der Waals surface area contributed by atoms with E-state index in [0.717, 1.165) is 5.41 Å². The standard InChI is InChI=1S/C3H2ClN3.C2H4O2S/c4-3-6-1-5-2-7-3;1-2-5(3)4/h1-2H;2,5H,1H2. The lowest BCUT2D eigenvalue weighted by Crippen LogP contribution is -1.79. The molecule has 0 radical (unpaired) electrons. The van der Waals surface area contributed by atoms with Crippen LogP contribution in [0.1, 0.15) is 0 Å². The van der Waals surface area contributed by atoms with Crippen LogP contribution in [-0.4, -0.2) is 23.4 Å². The predicted molar refractivity (Wildman–Crippen MR) is 45.3 cm³/mol. The van der Waals surface area contributed by atoms with Gasteiger partial charge in [-0.2, -0.15) is 0 Å². The molecule has 0 N–H and O–H groups in total. The van der Waals surface area contributed by atoms with Crippen molar-refractivity contribution in [1.82, 2.24) is 15.0 Å². The fourth-order valence-corrected chi connectivity index (χ4v) is 0.312. The van der Waals surface area contributed by atoms with E-state index in [1.54, 1.807) is 0 Å². The molecule has 0 spiro atoms. The minimum Gasteiger partial charge on any atom is -0.227 e. The molecule has 0 saturated carbocycles. The molecule has 0 aliphatic carbocycles. The summed E-state index contributed by atoms with van der Waals surface area (Å²) in [4.78, 5) is 10.6. The lowest BCUT2D eigenvalue weighted by molar-refractivity contribution is 0.622. The lowest BCUT2D eigenvalue weighted by Gasteiger charge is -1.78. The number of thiol groups is 1. The average Bonchev–Trinajstić information content (AvgIpc) is 2.07. The van der Waals surface area contributed by atoms with Crippen LogP contribution in [0.5, 0.6) is 0 Å². The fraction of sp³-hybridized carbons (Fsp3) is 0. The van der Waals surface area contributed by atoms with Crippen molar-refractivity contribution < 1.29 is 8.42 Å². The zero-order chi connectivity index (χ0) is 9.40. The van der Waals surface area contributed by atoms with Gasteiger partial charge in [0, 0.05) is 5.41 Å². The second-order valence-electron chi connectivity index (χ2n) is 1.38. The van der Waals surface area contributed by atoms with Crippen molar-refractivity contribution in [2.24, 2.45) is 0 Å². The van der Waals surface area contributed by atoms with Gasteiger partial charge in [0.25, 0.3) is 0 Å². The molecule has 1 heterocycles. The van der Waals surface area contributed by atoms with Crippen LogP contribution in [0.4, 0.5) is 0 Å². The monoisotopic (exact) mass is 207 g/mol. The third-order valence-electron chi connectivity index (χ3n) is 0.611. The van der Waals surface area contributed by atoms with Crippen molar-refractivity contribution in [2.75, 3.05) is 0 Å². The number of rotatable bonds is 1. The first-order valence-electron chi connectivity index (χ1n) is 2.70. The summed E-state index contributed by atoms with van der Waals surface area (Å²) >= 11 is 5.28. The maximum Gasteiger partial charge on any atom is 0.225 e. The molecular weight excluding hydrogens is 202 g/mol. The second kappa shape index (κ2) is 6.68. The summed E-state index contributed by atoms with van der Waals surface area (Å²) < 4.78 is 18.6. The summed E-state index contributed by atoms with van der Waals surface area (Å²) in [7, 11) is -2.33. The molecule has 0 saturated heterocycles. The minimum atomic E-state index is -2.33. The van der Waals surface area contributed by atoms with Gasteiger partial charge < -0.3 is 0 Å². The molecule has 0 unspecified atom stereocenters. The Morgan fingerprint density at radius 1 is 1.42 bits per heavy atom. The second-order valence-corrected chi connectivity index (χ2v) is 2.65. The van der Waals surface area contributed by atoms with E-state index in [9.17, 15) is 8.42 Å². The van der Waals surface area contributed by atoms with Crippen LogP contribution in [0.2, 0.25) is 5.28 Å². The molecule has 12 heavy (non-hydrogen) atoms. The van der Waals surface area contributed by atoms with Gasteiger partial charge >= 0.3 is 0 Å². The highest BCUT2D eigenvalue weighted by atomic mass is 35.5. The number of aromatic nitrogens is 3. The molecule has 1 aromatic heterocycles. The molecule has 5 nitrogen and oxygen atoms in total. The summed E-state index contributed by atoms with van der Waals surface area (Å²) in [6, 6.07) is 0. The van der Waals surface area contributed by atoms with Crippen LogP contribution in [0, 0.1) is 0 Å². The van der Waals surface area contributed by atoms with Gasteiger partial charge in [-0.05, 0) is 11.6 Å². The van der Waals surface area contributed by atoms with E-state index in [-0.39, 0.29) is 5.28 Å². The quantitative estimate of drug-likeness (QED) is 0.669. The summed E-state index contributed by atoms with van der Waals surface area (Å²) in [6.45, 7) is 2.96. The van der Waals surface area contributed by atoms with Crippen molar-refractivity contribution >= 4 is 22.3 Å². The summed E-state index contributed by atoms with van der Waals surface area (Å²) in [5, 5.41) is 1.10. The van der Waals surface area contributed by atoms with Gasteiger partial charge in [-0.25, -0.2) is 23.4 Å². The molecule has 0 aliphatic heterocycles. The smallest absolute Gasteiger partial charge is 0.225 e. The molecule has 0 aliphatic rings. The van der Waals surface area contributed by atoms with E-state index in [0.29, 0.717) is 0 Å². The number of nitrogens with zero attached hydrogens (tertiary/aromatic N) is 3. The zero-order valence-electron chi connectivity index (χ0n) is 5.92. The molecule has 0 bridgehead atoms. The van der Waals surface area contributed by atoms with Gasteiger partial charge in [-0.15, -0.1) is 0 Å². The molecular formula is C5H6ClN3O2S. The highest BCUT2D eigenvalue weighted by Gasteiger charge is 1.79. The normalized spacial score (nSPS) is 8.50. The van der Waals surface area contributed by atoms with Crippen molar-refractivity contribution in [2.45, 2.75) is 0 Å². The van der Waals surface area contributed by atoms with Gasteiger partial charge in [0.1, 0.15) is 12.7 Å². The van der Waals surface area contributed by atoms with Gasteiger partial charge in [-0.1, -0.05) is 6.58 Å².